The molecule has 0 saturated carbocycles. The Hall–Kier alpha value is -2.44. The smallest absolute Gasteiger partial charge is 0.226 e. The van der Waals surface area contributed by atoms with E-state index in [1.807, 2.05) is 6.92 Å². The van der Waals surface area contributed by atoms with E-state index >= 15 is 0 Å². The van der Waals surface area contributed by atoms with Gasteiger partial charge in [-0.25, -0.2) is 13.8 Å². The maximum Gasteiger partial charge on any atom is 0.226 e. The predicted octanol–water partition coefficient (Wildman–Crippen LogP) is 2.64. The fraction of sp³-hybridized carbons (Fsp3) is 0.286. The normalized spacial score (nSPS) is 11.8. The summed E-state index contributed by atoms with van der Waals surface area (Å²) in [6.45, 7) is 1.99. The third-order valence-corrected chi connectivity index (χ3v) is 2.60. The van der Waals surface area contributed by atoms with Crippen LogP contribution in [-0.2, 0) is 0 Å². The number of nitrogens with zero attached hydrogens (tertiary/aromatic N) is 2. The molecule has 0 bridgehead atoms. The second-order valence-electron chi connectivity index (χ2n) is 4.35. The van der Waals surface area contributed by atoms with E-state index < -0.39 is 11.6 Å². The minimum atomic E-state index is -0.736. The second kappa shape index (κ2) is 6.83. The fourth-order valence-corrected chi connectivity index (χ4v) is 1.59. The Morgan fingerprint density at radius 2 is 2.10 bits per heavy atom. The summed E-state index contributed by atoms with van der Waals surface area (Å²) in [7, 11) is 1.51. The second-order valence-corrected chi connectivity index (χ2v) is 4.35. The third-order valence-electron chi connectivity index (χ3n) is 2.60. The standard InChI is InChI=1S/C14H15F2N3O2/c1-9(18-14-17-6-5-13(19-14)20-2)8-21-12-4-3-10(15)7-11(12)16/h3-7,9H,8H2,1-2H3,(H,17,18,19). The summed E-state index contributed by atoms with van der Waals surface area (Å²) in [5, 5.41) is 2.99. The lowest BCUT2D eigenvalue weighted by molar-refractivity contribution is 0.288. The Bertz CT molecular complexity index is 611. The first kappa shape index (κ1) is 15.0. The van der Waals surface area contributed by atoms with E-state index in [4.69, 9.17) is 9.47 Å². The van der Waals surface area contributed by atoms with Crippen LogP contribution in [0.4, 0.5) is 14.7 Å². The van der Waals surface area contributed by atoms with Gasteiger partial charge in [0.1, 0.15) is 12.4 Å². The van der Waals surface area contributed by atoms with Crippen molar-refractivity contribution in [3.05, 3.63) is 42.1 Å². The lowest BCUT2D eigenvalue weighted by atomic mass is 10.3. The molecule has 21 heavy (non-hydrogen) atoms. The van der Waals surface area contributed by atoms with Crippen LogP contribution in [0.1, 0.15) is 6.92 Å². The molecule has 1 aromatic heterocycles. The number of hydrogen-bond acceptors (Lipinski definition) is 5. The van der Waals surface area contributed by atoms with Gasteiger partial charge in [0.25, 0.3) is 0 Å². The number of ether oxygens (including phenoxy) is 2. The minimum Gasteiger partial charge on any atom is -0.488 e. The van der Waals surface area contributed by atoms with Gasteiger partial charge in [0.15, 0.2) is 11.6 Å². The first-order valence-electron chi connectivity index (χ1n) is 6.30. The first-order chi connectivity index (χ1) is 10.1. The molecule has 0 aliphatic carbocycles. The Morgan fingerprint density at radius 3 is 2.81 bits per heavy atom. The van der Waals surface area contributed by atoms with E-state index in [2.05, 4.69) is 15.3 Å². The molecule has 2 aromatic rings. The summed E-state index contributed by atoms with van der Waals surface area (Å²) < 4.78 is 36.4. The number of nitrogens with one attached hydrogen (secondary N) is 1. The van der Waals surface area contributed by atoms with Crippen LogP contribution >= 0.6 is 0 Å². The quantitative estimate of drug-likeness (QED) is 0.888. The zero-order chi connectivity index (χ0) is 15.2. The topological polar surface area (TPSA) is 56.3 Å². The van der Waals surface area contributed by atoms with E-state index in [0.717, 1.165) is 12.1 Å². The highest BCUT2D eigenvalue weighted by Crippen LogP contribution is 2.18. The van der Waals surface area contributed by atoms with Crippen molar-refractivity contribution >= 4 is 5.95 Å². The molecule has 1 heterocycles. The average Bonchev–Trinajstić information content (AvgIpc) is 2.46. The van der Waals surface area contributed by atoms with Gasteiger partial charge in [-0.3, -0.25) is 0 Å². The minimum absolute atomic E-state index is 0.00314. The highest BCUT2D eigenvalue weighted by molar-refractivity contribution is 5.29. The summed E-state index contributed by atoms with van der Waals surface area (Å²) in [6.07, 6.45) is 1.56. The molecule has 112 valence electrons. The summed E-state index contributed by atoms with van der Waals surface area (Å²) in [6, 6.07) is 4.61. The van der Waals surface area contributed by atoms with Gasteiger partial charge < -0.3 is 14.8 Å². The molecule has 1 unspecified atom stereocenters. The molecule has 5 nitrogen and oxygen atoms in total. The predicted molar refractivity (Wildman–Crippen MR) is 73.5 cm³/mol. The molecule has 0 fully saturated rings. The number of rotatable bonds is 6. The molecule has 0 aliphatic heterocycles. The maximum absolute atomic E-state index is 13.4. The molecule has 0 saturated heterocycles. The monoisotopic (exact) mass is 295 g/mol. The van der Waals surface area contributed by atoms with Crippen molar-refractivity contribution in [3.8, 4) is 11.6 Å². The molecule has 0 amide bonds. The zero-order valence-corrected chi connectivity index (χ0v) is 11.6. The molecule has 1 N–H and O–H groups in total. The van der Waals surface area contributed by atoms with E-state index in [1.54, 1.807) is 12.3 Å². The number of methoxy groups -OCH3 is 1. The van der Waals surface area contributed by atoms with Gasteiger partial charge in [-0.2, -0.15) is 4.98 Å². The highest BCUT2D eigenvalue weighted by Gasteiger charge is 2.09. The molecule has 7 heteroatoms. The highest BCUT2D eigenvalue weighted by atomic mass is 19.1. The third kappa shape index (κ3) is 4.27. The SMILES string of the molecule is COc1ccnc(NC(C)COc2ccc(F)cc2F)n1. The summed E-state index contributed by atoms with van der Waals surface area (Å²) >= 11 is 0. The van der Waals surface area contributed by atoms with E-state index in [0.29, 0.717) is 11.8 Å². The summed E-state index contributed by atoms with van der Waals surface area (Å²) in [4.78, 5) is 8.12. The van der Waals surface area contributed by atoms with Crippen molar-refractivity contribution in [2.75, 3.05) is 19.0 Å². The van der Waals surface area contributed by atoms with Crippen LogP contribution in [0.3, 0.4) is 0 Å². The Labute approximate surface area is 120 Å². The van der Waals surface area contributed by atoms with Crippen LogP contribution in [0.25, 0.3) is 0 Å². The summed E-state index contributed by atoms with van der Waals surface area (Å²) in [5.74, 6) is -0.567. The average molecular weight is 295 g/mol. The molecular weight excluding hydrogens is 280 g/mol. The van der Waals surface area contributed by atoms with Gasteiger partial charge in [0, 0.05) is 18.3 Å². The Balaban J connectivity index is 1.90. The van der Waals surface area contributed by atoms with E-state index in [9.17, 15) is 8.78 Å². The van der Waals surface area contributed by atoms with E-state index in [-0.39, 0.29) is 18.4 Å². The van der Waals surface area contributed by atoms with Crippen LogP contribution in [-0.4, -0.2) is 29.7 Å². The maximum atomic E-state index is 13.4. The van der Waals surface area contributed by atoms with Crippen molar-refractivity contribution < 1.29 is 18.3 Å². The van der Waals surface area contributed by atoms with Gasteiger partial charge in [0.2, 0.25) is 11.8 Å². The molecule has 1 aromatic carbocycles. The first-order valence-corrected chi connectivity index (χ1v) is 6.30. The number of anilines is 1. The van der Waals surface area contributed by atoms with Crippen molar-refractivity contribution in [2.24, 2.45) is 0 Å². The molecule has 0 spiro atoms. The Morgan fingerprint density at radius 1 is 1.29 bits per heavy atom. The van der Waals surface area contributed by atoms with Crippen molar-refractivity contribution in [1.29, 1.82) is 0 Å². The largest absolute Gasteiger partial charge is 0.488 e. The number of aromatic nitrogens is 2. The lowest BCUT2D eigenvalue weighted by Gasteiger charge is -2.15. The zero-order valence-electron chi connectivity index (χ0n) is 11.6. The van der Waals surface area contributed by atoms with Gasteiger partial charge in [-0.1, -0.05) is 0 Å². The van der Waals surface area contributed by atoms with Crippen molar-refractivity contribution in [2.45, 2.75) is 13.0 Å². The van der Waals surface area contributed by atoms with Crippen LogP contribution in [0.2, 0.25) is 0 Å². The van der Waals surface area contributed by atoms with E-state index in [1.165, 1.54) is 13.2 Å². The van der Waals surface area contributed by atoms with Gasteiger partial charge in [0.05, 0.1) is 13.2 Å². The Kier molecular flexibility index (Phi) is 4.86. The van der Waals surface area contributed by atoms with Gasteiger partial charge in [-0.05, 0) is 19.1 Å². The fourth-order valence-electron chi connectivity index (χ4n) is 1.59. The summed E-state index contributed by atoms with van der Waals surface area (Å²) in [5.41, 5.74) is 0. The van der Waals surface area contributed by atoms with Gasteiger partial charge >= 0.3 is 0 Å². The number of halogens is 2. The van der Waals surface area contributed by atoms with Crippen LogP contribution < -0.4 is 14.8 Å². The molecule has 2 rings (SSSR count). The molecule has 0 aliphatic rings. The van der Waals surface area contributed by atoms with Crippen LogP contribution in [0.5, 0.6) is 11.6 Å². The number of benzene rings is 1. The van der Waals surface area contributed by atoms with Crippen molar-refractivity contribution in [3.63, 3.8) is 0 Å². The molecular formula is C14H15F2N3O2. The molecule has 0 radical (unpaired) electrons. The lowest BCUT2D eigenvalue weighted by Crippen LogP contribution is -2.24. The molecule has 1 atom stereocenters. The van der Waals surface area contributed by atoms with Crippen molar-refractivity contribution in [1.82, 2.24) is 9.97 Å². The van der Waals surface area contributed by atoms with Crippen LogP contribution in [0, 0.1) is 11.6 Å². The number of hydrogen-bond donors (Lipinski definition) is 1. The van der Waals surface area contributed by atoms with Gasteiger partial charge in [-0.15, -0.1) is 0 Å². The van der Waals surface area contributed by atoms with Crippen LogP contribution in [0.15, 0.2) is 30.5 Å².